The molecule has 17 heavy (non-hydrogen) atoms. The molecule has 1 unspecified atom stereocenters. The van der Waals surface area contributed by atoms with Gasteiger partial charge in [-0.2, -0.15) is 0 Å². The van der Waals surface area contributed by atoms with E-state index < -0.39 is 0 Å². The monoisotopic (exact) mass is 255 g/mol. The van der Waals surface area contributed by atoms with Crippen LogP contribution in [0, 0.1) is 5.92 Å². The molecular weight excluding hydrogens is 234 g/mol. The Labute approximate surface area is 109 Å². The van der Waals surface area contributed by atoms with Crippen molar-refractivity contribution in [2.45, 2.75) is 26.3 Å². The van der Waals surface area contributed by atoms with Crippen LogP contribution in [0.5, 0.6) is 0 Å². The van der Waals surface area contributed by atoms with Crippen LogP contribution < -0.4 is 5.32 Å². The molecule has 2 nitrogen and oxygen atoms in total. The van der Waals surface area contributed by atoms with Crippen molar-refractivity contribution in [1.29, 1.82) is 0 Å². The van der Waals surface area contributed by atoms with Crippen molar-refractivity contribution >= 4 is 11.6 Å². The van der Waals surface area contributed by atoms with Gasteiger partial charge in [-0.25, -0.2) is 0 Å². The summed E-state index contributed by atoms with van der Waals surface area (Å²) in [7, 11) is 1.75. The zero-order valence-electron chi connectivity index (χ0n) is 10.9. The van der Waals surface area contributed by atoms with Gasteiger partial charge in [0.25, 0.3) is 0 Å². The molecule has 0 heterocycles. The molecule has 1 N–H and O–H groups in total. The van der Waals surface area contributed by atoms with Crippen molar-refractivity contribution in [2.24, 2.45) is 5.92 Å². The van der Waals surface area contributed by atoms with E-state index in [1.165, 1.54) is 5.56 Å². The lowest BCUT2D eigenvalue weighted by atomic mass is 10.00. The van der Waals surface area contributed by atoms with Crippen molar-refractivity contribution in [2.75, 3.05) is 20.3 Å². The first-order valence-electron chi connectivity index (χ1n) is 6.08. The largest absolute Gasteiger partial charge is 0.384 e. The normalized spacial score (nSPS) is 13.0. The number of ether oxygens (including phenoxy) is 1. The molecule has 0 saturated heterocycles. The Kier molecular flexibility index (Phi) is 6.56. The summed E-state index contributed by atoms with van der Waals surface area (Å²) in [5.74, 6) is 0.503. The van der Waals surface area contributed by atoms with E-state index in [4.69, 9.17) is 16.3 Å². The minimum atomic E-state index is 0.503. The van der Waals surface area contributed by atoms with Gasteiger partial charge >= 0.3 is 0 Å². The van der Waals surface area contributed by atoms with E-state index >= 15 is 0 Å². The van der Waals surface area contributed by atoms with Gasteiger partial charge in [-0.1, -0.05) is 37.6 Å². The smallest absolute Gasteiger partial charge is 0.0505 e. The summed E-state index contributed by atoms with van der Waals surface area (Å²) in [6.07, 6.45) is 1.02. The molecule has 0 aromatic heterocycles. The standard InChI is InChI=1S/C14H22ClNO/c1-11(2)16-9-13(10-17-3)8-12-4-6-14(15)7-5-12/h4-7,11,13,16H,8-10H2,1-3H3. The topological polar surface area (TPSA) is 21.3 Å². The first-order chi connectivity index (χ1) is 8.11. The third-order valence-electron chi connectivity index (χ3n) is 2.65. The summed E-state index contributed by atoms with van der Waals surface area (Å²) in [6.45, 7) is 6.08. The van der Waals surface area contributed by atoms with E-state index in [2.05, 4.69) is 31.3 Å². The summed E-state index contributed by atoms with van der Waals surface area (Å²) in [6, 6.07) is 8.56. The Hall–Kier alpha value is -0.570. The molecule has 0 aliphatic carbocycles. The van der Waals surface area contributed by atoms with Gasteiger partial charge in [0.15, 0.2) is 0 Å². The SMILES string of the molecule is COCC(CNC(C)C)Cc1ccc(Cl)cc1. The molecule has 0 aliphatic heterocycles. The second-order valence-electron chi connectivity index (χ2n) is 4.71. The number of rotatable bonds is 7. The zero-order chi connectivity index (χ0) is 12.7. The quantitative estimate of drug-likeness (QED) is 0.808. The van der Waals surface area contributed by atoms with E-state index in [1.54, 1.807) is 7.11 Å². The Balaban J connectivity index is 2.50. The maximum atomic E-state index is 5.88. The molecular formula is C14H22ClNO. The third-order valence-corrected chi connectivity index (χ3v) is 2.91. The van der Waals surface area contributed by atoms with Gasteiger partial charge in [0.1, 0.15) is 0 Å². The lowest BCUT2D eigenvalue weighted by Crippen LogP contribution is -2.32. The number of hydrogen-bond acceptors (Lipinski definition) is 2. The van der Waals surface area contributed by atoms with Crippen molar-refractivity contribution in [3.05, 3.63) is 34.9 Å². The van der Waals surface area contributed by atoms with Gasteiger partial charge < -0.3 is 10.1 Å². The maximum Gasteiger partial charge on any atom is 0.0505 e. The van der Waals surface area contributed by atoms with E-state index in [-0.39, 0.29) is 0 Å². The highest BCUT2D eigenvalue weighted by molar-refractivity contribution is 6.30. The molecule has 1 aromatic carbocycles. The molecule has 0 amide bonds. The van der Waals surface area contributed by atoms with Crippen LogP contribution in [0.25, 0.3) is 0 Å². The van der Waals surface area contributed by atoms with Gasteiger partial charge in [-0.15, -0.1) is 0 Å². The summed E-state index contributed by atoms with van der Waals surface area (Å²) >= 11 is 5.88. The van der Waals surface area contributed by atoms with Crippen LogP contribution in [0.4, 0.5) is 0 Å². The molecule has 0 fully saturated rings. The Morgan fingerprint density at radius 1 is 1.24 bits per heavy atom. The van der Waals surface area contributed by atoms with Gasteiger partial charge in [-0.05, 0) is 30.0 Å². The Morgan fingerprint density at radius 2 is 1.88 bits per heavy atom. The molecule has 0 aliphatic rings. The molecule has 0 bridgehead atoms. The molecule has 1 aromatic rings. The minimum Gasteiger partial charge on any atom is -0.384 e. The number of nitrogens with one attached hydrogen (secondary N) is 1. The van der Waals surface area contributed by atoms with E-state index in [0.717, 1.165) is 24.6 Å². The maximum absolute atomic E-state index is 5.88. The highest BCUT2D eigenvalue weighted by Gasteiger charge is 2.10. The molecule has 1 rings (SSSR count). The Morgan fingerprint density at radius 3 is 2.41 bits per heavy atom. The molecule has 1 atom stereocenters. The van der Waals surface area contributed by atoms with Gasteiger partial charge in [0.2, 0.25) is 0 Å². The predicted molar refractivity (Wildman–Crippen MR) is 73.7 cm³/mol. The number of halogens is 1. The van der Waals surface area contributed by atoms with Crippen molar-refractivity contribution < 1.29 is 4.74 Å². The average molecular weight is 256 g/mol. The second-order valence-corrected chi connectivity index (χ2v) is 5.15. The van der Waals surface area contributed by atoms with Crippen molar-refractivity contribution in [3.8, 4) is 0 Å². The zero-order valence-corrected chi connectivity index (χ0v) is 11.6. The van der Waals surface area contributed by atoms with Crippen LogP contribution in [0.1, 0.15) is 19.4 Å². The van der Waals surface area contributed by atoms with Crippen LogP contribution in [-0.4, -0.2) is 26.3 Å². The summed E-state index contributed by atoms with van der Waals surface area (Å²) in [5, 5.41) is 4.25. The fraction of sp³-hybridized carbons (Fsp3) is 0.571. The van der Waals surface area contributed by atoms with Crippen molar-refractivity contribution in [3.63, 3.8) is 0 Å². The number of benzene rings is 1. The van der Waals surface area contributed by atoms with Gasteiger partial charge in [-0.3, -0.25) is 0 Å². The summed E-state index contributed by atoms with van der Waals surface area (Å²) in [5.41, 5.74) is 1.31. The first-order valence-corrected chi connectivity index (χ1v) is 6.46. The molecule has 0 saturated carbocycles. The fourth-order valence-corrected chi connectivity index (χ4v) is 1.91. The van der Waals surface area contributed by atoms with Crippen LogP contribution in [0.3, 0.4) is 0 Å². The summed E-state index contributed by atoms with van der Waals surface area (Å²) < 4.78 is 5.27. The minimum absolute atomic E-state index is 0.503. The van der Waals surface area contributed by atoms with Crippen LogP contribution >= 0.6 is 11.6 Å². The fourth-order valence-electron chi connectivity index (χ4n) is 1.78. The lowest BCUT2D eigenvalue weighted by molar-refractivity contribution is 0.149. The van der Waals surface area contributed by atoms with Gasteiger partial charge in [0, 0.05) is 24.7 Å². The first kappa shape index (κ1) is 14.5. The van der Waals surface area contributed by atoms with E-state index in [1.807, 2.05) is 12.1 Å². The average Bonchev–Trinajstić information content (AvgIpc) is 2.29. The summed E-state index contributed by atoms with van der Waals surface area (Å²) in [4.78, 5) is 0. The second kappa shape index (κ2) is 7.70. The van der Waals surface area contributed by atoms with Crippen LogP contribution in [-0.2, 0) is 11.2 Å². The predicted octanol–water partition coefficient (Wildman–Crippen LogP) is 3.14. The lowest BCUT2D eigenvalue weighted by Gasteiger charge is -2.18. The van der Waals surface area contributed by atoms with Gasteiger partial charge in [0.05, 0.1) is 6.61 Å². The molecule has 0 radical (unpaired) electrons. The third kappa shape index (κ3) is 6.06. The number of methoxy groups -OCH3 is 1. The Bertz CT molecular complexity index is 311. The number of hydrogen-bond donors (Lipinski definition) is 1. The van der Waals surface area contributed by atoms with Crippen LogP contribution in [0.2, 0.25) is 5.02 Å². The highest BCUT2D eigenvalue weighted by atomic mass is 35.5. The molecule has 96 valence electrons. The van der Waals surface area contributed by atoms with E-state index in [9.17, 15) is 0 Å². The van der Waals surface area contributed by atoms with E-state index in [0.29, 0.717) is 12.0 Å². The highest BCUT2D eigenvalue weighted by Crippen LogP contribution is 2.13. The molecule has 0 spiro atoms. The molecule has 3 heteroatoms. The van der Waals surface area contributed by atoms with Crippen LogP contribution in [0.15, 0.2) is 24.3 Å². The van der Waals surface area contributed by atoms with Crippen molar-refractivity contribution in [1.82, 2.24) is 5.32 Å².